The average Bonchev–Trinajstić information content (AvgIpc) is 2.98. The monoisotopic (exact) mass is 227 g/mol. The molecule has 3 rings (SSSR count). The molecule has 3 aromatic rings. The molecule has 0 amide bonds. The fourth-order valence-electron chi connectivity index (χ4n) is 1.89. The van der Waals surface area contributed by atoms with Gasteiger partial charge in [0.05, 0.1) is 5.52 Å². The highest BCUT2D eigenvalue weighted by atomic mass is 15.3. The summed E-state index contributed by atoms with van der Waals surface area (Å²) >= 11 is 0. The minimum absolute atomic E-state index is 0.0820. The topological polar surface area (TPSA) is 59.4 Å². The van der Waals surface area contributed by atoms with Gasteiger partial charge >= 0.3 is 0 Å². The molecule has 0 aliphatic rings. The molecule has 0 saturated carbocycles. The highest BCUT2D eigenvalue weighted by Gasteiger charge is 2.13. The van der Waals surface area contributed by atoms with E-state index in [1.165, 1.54) is 0 Å². The van der Waals surface area contributed by atoms with E-state index in [4.69, 9.17) is 0 Å². The van der Waals surface area contributed by atoms with Crippen molar-refractivity contribution < 1.29 is 0 Å². The third-order valence-corrected chi connectivity index (χ3v) is 2.94. The van der Waals surface area contributed by atoms with Gasteiger partial charge in [0, 0.05) is 18.6 Å². The number of pyridine rings is 1. The number of imidazole rings is 1. The number of fused-ring (bicyclic) bond motifs is 1. The lowest BCUT2D eigenvalue weighted by Gasteiger charge is -2.07. The number of aromatic amines is 1. The van der Waals surface area contributed by atoms with Crippen LogP contribution in [0.15, 0.2) is 30.7 Å². The fraction of sp³-hybridized carbons (Fsp3) is 0.250. The van der Waals surface area contributed by atoms with Crippen molar-refractivity contribution in [3.63, 3.8) is 0 Å². The number of aryl methyl sites for hydroxylation is 1. The van der Waals surface area contributed by atoms with E-state index in [-0.39, 0.29) is 6.04 Å². The van der Waals surface area contributed by atoms with Crippen molar-refractivity contribution in [1.82, 2.24) is 24.7 Å². The summed E-state index contributed by atoms with van der Waals surface area (Å²) in [5.74, 6) is 0.880. The van der Waals surface area contributed by atoms with Gasteiger partial charge in [-0.2, -0.15) is 5.10 Å². The number of H-pyrrole nitrogens is 1. The number of aromatic nitrogens is 5. The smallest absolute Gasteiger partial charge is 0.178 e. The van der Waals surface area contributed by atoms with Crippen molar-refractivity contribution in [2.24, 2.45) is 0 Å². The lowest BCUT2D eigenvalue weighted by Crippen LogP contribution is -2.08. The molecule has 1 atom stereocenters. The van der Waals surface area contributed by atoms with Gasteiger partial charge in [0.2, 0.25) is 0 Å². The van der Waals surface area contributed by atoms with E-state index in [0.29, 0.717) is 0 Å². The van der Waals surface area contributed by atoms with Gasteiger partial charge in [-0.1, -0.05) is 0 Å². The lowest BCUT2D eigenvalue weighted by molar-refractivity contribution is 0.542. The molecule has 5 heteroatoms. The van der Waals surface area contributed by atoms with Gasteiger partial charge in [0.15, 0.2) is 5.65 Å². The molecule has 0 spiro atoms. The van der Waals surface area contributed by atoms with Crippen molar-refractivity contribution >= 4 is 11.2 Å². The Hall–Kier alpha value is -2.17. The number of nitrogens with zero attached hydrogens (tertiary/aromatic N) is 4. The first-order valence-electron chi connectivity index (χ1n) is 5.56. The second-order valence-electron chi connectivity index (χ2n) is 4.11. The molecular weight excluding hydrogens is 214 g/mol. The Kier molecular flexibility index (Phi) is 2.18. The maximum atomic E-state index is 4.50. The molecule has 0 aliphatic carbocycles. The second kappa shape index (κ2) is 3.69. The number of hydrogen-bond donors (Lipinski definition) is 1. The zero-order valence-electron chi connectivity index (χ0n) is 9.75. The van der Waals surface area contributed by atoms with Crippen molar-refractivity contribution in [2.75, 3.05) is 0 Å². The highest BCUT2D eigenvalue weighted by molar-refractivity contribution is 5.74. The summed E-state index contributed by atoms with van der Waals surface area (Å²) in [5, 5.41) is 4.22. The zero-order valence-corrected chi connectivity index (χ0v) is 9.75. The SMILES string of the molecule is Cc1ccnc2nc(C(C)n3cccn3)[nH]c12. The normalized spacial score (nSPS) is 13.1. The number of nitrogens with one attached hydrogen (secondary N) is 1. The maximum absolute atomic E-state index is 4.50. The van der Waals surface area contributed by atoms with Crippen molar-refractivity contribution in [2.45, 2.75) is 19.9 Å². The molecule has 0 fully saturated rings. The van der Waals surface area contributed by atoms with Crippen LogP contribution in [0.3, 0.4) is 0 Å². The van der Waals surface area contributed by atoms with Gasteiger partial charge in [-0.3, -0.25) is 4.68 Å². The summed E-state index contributed by atoms with van der Waals surface area (Å²) in [5.41, 5.74) is 2.92. The summed E-state index contributed by atoms with van der Waals surface area (Å²) in [6, 6.07) is 3.96. The van der Waals surface area contributed by atoms with Crippen LogP contribution < -0.4 is 0 Å². The molecule has 3 heterocycles. The number of hydrogen-bond acceptors (Lipinski definition) is 3. The van der Waals surface area contributed by atoms with Crippen LogP contribution in [-0.2, 0) is 0 Å². The summed E-state index contributed by atoms with van der Waals surface area (Å²) in [4.78, 5) is 12.1. The van der Waals surface area contributed by atoms with Crippen LogP contribution in [-0.4, -0.2) is 24.7 Å². The lowest BCUT2D eigenvalue weighted by atomic mass is 10.3. The van der Waals surface area contributed by atoms with Crippen LogP contribution in [0.1, 0.15) is 24.4 Å². The standard InChI is InChI=1S/C12H13N5/c1-8-4-6-13-12-10(8)15-11(16-12)9(2)17-7-3-5-14-17/h3-7,9H,1-2H3,(H,13,15,16). The van der Waals surface area contributed by atoms with Crippen LogP contribution in [0, 0.1) is 6.92 Å². The van der Waals surface area contributed by atoms with E-state index < -0.39 is 0 Å². The molecule has 17 heavy (non-hydrogen) atoms. The predicted molar refractivity (Wildman–Crippen MR) is 64.7 cm³/mol. The molecule has 1 unspecified atom stereocenters. The van der Waals surface area contributed by atoms with Crippen LogP contribution in [0.25, 0.3) is 11.2 Å². The maximum Gasteiger partial charge on any atom is 0.178 e. The zero-order chi connectivity index (χ0) is 11.8. The first-order valence-corrected chi connectivity index (χ1v) is 5.56. The van der Waals surface area contributed by atoms with Crippen LogP contribution >= 0.6 is 0 Å². The third kappa shape index (κ3) is 1.60. The van der Waals surface area contributed by atoms with E-state index in [1.54, 1.807) is 12.4 Å². The molecular formula is C12H13N5. The molecule has 0 aliphatic heterocycles. The quantitative estimate of drug-likeness (QED) is 0.729. The van der Waals surface area contributed by atoms with E-state index >= 15 is 0 Å². The van der Waals surface area contributed by atoms with Gasteiger partial charge in [0.25, 0.3) is 0 Å². The average molecular weight is 227 g/mol. The first-order chi connectivity index (χ1) is 8.25. The Morgan fingerprint density at radius 1 is 1.35 bits per heavy atom. The third-order valence-electron chi connectivity index (χ3n) is 2.94. The first kappa shape index (κ1) is 10.0. The Morgan fingerprint density at radius 2 is 2.24 bits per heavy atom. The van der Waals surface area contributed by atoms with Crippen LogP contribution in [0.4, 0.5) is 0 Å². The fourth-order valence-corrected chi connectivity index (χ4v) is 1.89. The predicted octanol–water partition coefficient (Wildman–Crippen LogP) is 2.07. The van der Waals surface area contributed by atoms with Gasteiger partial charge < -0.3 is 4.98 Å². The summed E-state index contributed by atoms with van der Waals surface area (Å²) < 4.78 is 1.87. The molecule has 0 radical (unpaired) electrons. The van der Waals surface area contributed by atoms with Crippen molar-refractivity contribution in [3.8, 4) is 0 Å². The van der Waals surface area contributed by atoms with Gasteiger partial charge in [-0.15, -0.1) is 0 Å². The highest BCUT2D eigenvalue weighted by Crippen LogP contribution is 2.19. The molecule has 86 valence electrons. The Bertz CT molecular complexity index is 638. The van der Waals surface area contributed by atoms with Crippen LogP contribution in [0.2, 0.25) is 0 Å². The summed E-state index contributed by atoms with van der Waals surface area (Å²) in [6.45, 7) is 4.10. The molecule has 1 N–H and O–H groups in total. The van der Waals surface area contributed by atoms with Crippen LogP contribution in [0.5, 0.6) is 0 Å². The Morgan fingerprint density at radius 3 is 2.94 bits per heavy atom. The van der Waals surface area contributed by atoms with Gasteiger partial charge in [-0.25, -0.2) is 9.97 Å². The van der Waals surface area contributed by atoms with Gasteiger partial charge in [-0.05, 0) is 31.5 Å². The van der Waals surface area contributed by atoms with Gasteiger partial charge in [0.1, 0.15) is 11.9 Å². The Balaban J connectivity index is 2.10. The van der Waals surface area contributed by atoms with Crippen molar-refractivity contribution in [3.05, 3.63) is 42.1 Å². The summed E-state index contributed by atoms with van der Waals surface area (Å²) in [7, 11) is 0. The van der Waals surface area contributed by atoms with E-state index in [1.807, 2.05) is 29.9 Å². The summed E-state index contributed by atoms with van der Waals surface area (Å²) in [6.07, 6.45) is 5.47. The minimum Gasteiger partial charge on any atom is -0.339 e. The second-order valence-corrected chi connectivity index (χ2v) is 4.11. The van der Waals surface area contributed by atoms with E-state index in [2.05, 4.69) is 27.0 Å². The molecule has 5 nitrogen and oxygen atoms in total. The molecule has 3 aromatic heterocycles. The van der Waals surface area contributed by atoms with Crippen molar-refractivity contribution in [1.29, 1.82) is 0 Å². The van der Waals surface area contributed by atoms with E-state index in [9.17, 15) is 0 Å². The Labute approximate surface area is 98.5 Å². The largest absolute Gasteiger partial charge is 0.339 e. The van der Waals surface area contributed by atoms with E-state index in [0.717, 1.165) is 22.6 Å². The molecule has 0 aromatic carbocycles. The molecule has 0 saturated heterocycles. The molecule has 0 bridgehead atoms. The minimum atomic E-state index is 0.0820. The number of rotatable bonds is 2.